The van der Waals surface area contributed by atoms with Crippen molar-refractivity contribution in [3.63, 3.8) is 0 Å². The second-order valence-electron chi connectivity index (χ2n) is 2.63. The van der Waals surface area contributed by atoms with Gasteiger partial charge >= 0.3 is 0 Å². The molecule has 1 aromatic rings. The van der Waals surface area contributed by atoms with Gasteiger partial charge in [-0.2, -0.15) is 0 Å². The predicted octanol–water partition coefficient (Wildman–Crippen LogP) is 1.49. The van der Waals surface area contributed by atoms with Crippen molar-refractivity contribution in [2.45, 2.75) is 6.42 Å². The van der Waals surface area contributed by atoms with Crippen molar-refractivity contribution in [2.75, 3.05) is 0 Å². The van der Waals surface area contributed by atoms with Crippen LogP contribution in [0.15, 0.2) is 29.4 Å². The van der Waals surface area contributed by atoms with Gasteiger partial charge in [-0.15, -0.1) is 0 Å². The van der Waals surface area contributed by atoms with Crippen LogP contribution in [-0.4, -0.2) is 10.8 Å². The number of amidine groups is 1. The Balaban J connectivity index is 2.58. The fourth-order valence-corrected chi connectivity index (χ4v) is 1.12. The fraction of sp³-hybridized carbons (Fsp3) is 0.111. The van der Waals surface area contributed by atoms with Crippen molar-refractivity contribution in [3.8, 4) is 0 Å². The van der Waals surface area contributed by atoms with Crippen LogP contribution in [0.5, 0.6) is 0 Å². The maximum atomic E-state index is 5.61. The maximum absolute atomic E-state index is 5.61. The molecule has 2 N–H and O–H groups in total. The van der Waals surface area contributed by atoms with Crippen LogP contribution < -0.4 is 5.73 Å². The Bertz CT molecular complexity index is 353. The number of pyridine rings is 1. The molecule has 1 aliphatic heterocycles. The lowest BCUT2D eigenvalue weighted by atomic mass is 10.2. The highest BCUT2D eigenvalue weighted by Crippen LogP contribution is 2.19. The van der Waals surface area contributed by atoms with E-state index in [1.807, 2.05) is 24.3 Å². The maximum Gasteiger partial charge on any atom is 0.161 e. The molecule has 60 valence electrons. The first-order valence-electron chi connectivity index (χ1n) is 3.81. The zero-order valence-electron chi connectivity index (χ0n) is 6.57. The average molecular weight is 159 g/mol. The first-order chi connectivity index (χ1) is 5.86. The topological polar surface area (TPSA) is 51.3 Å². The van der Waals surface area contributed by atoms with Crippen LogP contribution in [0.3, 0.4) is 0 Å². The van der Waals surface area contributed by atoms with Crippen LogP contribution in [0, 0.1) is 0 Å². The van der Waals surface area contributed by atoms with Crippen LogP contribution >= 0.6 is 0 Å². The smallest absolute Gasteiger partial charge is 0.161 e. The first kappa shape index (κ1) is 7.03. The van der Waals surface area contributed by atoms with Gasteiger partial charge in [-0.25, -0.2) is 9.98 Å². The van der Waals surface area contributed by atoms with Gasteiger partial charge in [0.15, 0.2) is 5.82 Å². The third kappa shape index (κ3) is 1.21. The summed E-state index contributed by atoms with van der Waals surface area (Å²) in [4.78, 5) is 8.27. The molecule has 2 heterocycles. The summed E-state index contributed by atoms with van der Waals surface area (Å²) < 4.78 is 0. The van der Waals surface area contributed by atoms with E-state index >= 15 is 0 Å². The highest BCUT2D eigenvalue weighted by Gasteiger charge is 2.02. The van der Waals surface area contributed by atoms with E-state index in [1.54, 1.807) is 6.20 Å². The minimum Gasteiger partial charge on any atom is -0.387 e. The average Bonchev–Trinajstić information content (AvgIpc) is 2.25. The predicted molar refractivity (Wildman–Crippen MR) is 49.2 cm³/mol. The normalized spacial score (nSPS) is 14.8. The number of aromatic nitrogens is 1. The summed E-state index contributed by atoms with van der Waals surface area (Å²) >= 11 is 0. The van der Waals surface area contributed by atoms with Gasteiger partial charge in [-0.05, 0) is 12.1 Å². The lowest BCUT2D eigenvalue weighted by Crippen LogP contribution is -2.08. The molecule has 0 atom stereocenters. The molecule has 2 rings (SSSR count). The molecule has 3 nitrogen and oxygen atoms in total. The molecule has 3 heteroatoms. The van der Waals surface area contributed by atoms with Gasteiger partial charge < -0.3 is 5.73 Å². The SMILES string of the molecule is NC1=Nc2ncccc2C=CC1. The second kappa shape index (κ2) is 2.77. The Morgan fingerprint density at radius 2 is 2.33 bits per heavy atom. The Labute approximate surface area is 70.7 Å². The standard InChI is InChI=1S/C9H9N3/c10-8-5-1-3-7-4-2-6-11-9(7)12-8/h1-4,6H,5H2,(H2,10,11,12). The summed E-state index contributed by atoms with van der Waals surface area (Å²) in [5.41, 5.74) is 6.63. The minimum absolute atomic E-state index is 0.615. The van der Waals surface area contributed by atoms with Crippen molar-refractivity contribution in [1.82, 2.24) is 4.98 Å². The third-order valence-electron chi connectivity index (χ3n) is 1.69. The van der Waals surface area contributed by atoms with Crippen molar-refractivity contribution >= 4 is 17.7 Å². The molecule has 1 aromatic heterocycles. The molecule has 0 aliphatic carbocycles. The molecule has 0 spiro atoms. The van der Waals surface area contributed by atoms with Crippen molar-refractivity contribution in [2.24, 2.45) is 10.7 Å². The van der Waals surface area contributed by atoms with Gasteiger partial charge in [-0.1, -0.05) is 12.2 Å². The van der Waals surface area contributed by atoms with Crippen LogP contribution in [0.2, 0.25) is 0 Å². The van der Waals surface area contributed by atoms with E-state index in [2.05, 4.69) is 9.98 Å². The number of fused-ring (bicyclic) bond motifs is 1. The summed E-state index contributed by atoms with van der Waals surface area (Å²) in [5, 5.41) is 0. The number of nitrogens with zero attached hydrogens (tertiary/aromatic N) is 2. The molecular formula is C9H9N3. The summed E-state index contributed by atoms with van der Waals surface area (Å²) in [6.45, 7) is 0. The highest BCUT2D eigenvalue weighted by atomic mass is 15.0. The molecule has 12 heavy (non-hydrogen) atoms. The zero-order chi connectivity index (χ0) is 8.39. The number of aliphatic imine (C=N–C) groups is 1. The Morgan fingerprint density at radius 3 is 3.25 bits per heavy atom. The van der Waals surface area contributed by atoms with E-state index in [0.29, 0.717) is 18.1 Å². The van der Waals surface area contributed by atoms with Crippen molar-refractivity contribution < 1.29 is 0 Å². The minimum atomic E-state index is 0.615. The van der Waals surface area contributed by atoms with Gasteiger partial charge in [0.25, 0.3) is 0 Å². The van der Waals surface area contributed by atoms with Crippen LogP contribution in [0.4, 0.5) is 5.82 Å². The summed E-state index contributed by atoms with van der Waals surface area (Å²) in [6.07, 6.45) is 6.41. The van der Waals surface area contributed by atoms with E-state index in [0.717, 1.165) is 5.56 Å². The highest BCUT2D eigenvalue weighted by molar-refractivity contribution is 5.87. The largest absolute Gasteiger partial charge is 0.387 e. The molecular weight excluding hydrogens is 150 g/mol. The van der Waals surface area contributed by atoms with E-state index < -0.39 is 0 Å². The summed E-state index contributed by atoms with van der Waals surface area (Å²) in [6, 6.07) is 3.86. The van der Waals surface area contributed by atoms with Crippen LogP contribution in [-0.2, 0) is 0 Å². The second-order valence-corrected chi connectivity index (χ2v) is 2.63. The molecule has 0 unspecified atom stereocenters. The molecule has 0 radical (unpaired) electrons. The van der Waals surface area contributed by atoms with Crippen LogP contribution in [0.1, 0.15) is 12.0 Å². The Morgan fingerprint density at radius 1 is 1.42 bits per heavy atom. The van der Waals surface area contributed by atoms with Gasteiger partial charge in [0.2, 0.25) is 0 Å². The quantitative estimate of drug-likeness (QED) is 0.623. The van der Waals surface area contributed by atoms with Crippen LogP contribution in [0.25, 0.3) is 6.08 Å². The van der Waals surface area contributed by atoms with Gasteiger partial charge in [0, 0.05) is 18.2 Å². The fourth-order valence-electron chi connectivity index (χ4n) is 1.12. The number of nitrogens with two attached hydrogens (primary N) is 1. The summed E-state index contributed by atoms with van der Waals surface area (Å²) in [5.74, 6) is 1.33. The lowest BCUT2D eigenvalue weighted by molar-refractivity contribution is 1.25. The molecule has 0 fully saturated rings. The Kier molecular flexibility index (Phi) is 1.63. The Hall–Kier alpha value is -1.64. The third-order valence-corrected chi connectivity index (χ3v) is 1.69. The first-order valence-corrected chi connectivity index (χ1v) is 3.81. The molecule has 1 aliphatic rings. The number of hydrogen-bond acceptors (Lipinski definition) is 3. The van der Waals surface area contributed by atoms with Crippen molar-refractivity contribution in [3.05, 3.63) is 30.0 Å². The molecule has 0 amide bonds. The van der Waals surface area contributed by atoms with Gasteiger partial charge in [0.1, 0.15) is 5.84 Å². The molecule has 0 saturated heterocycles. The van der Waals surface area contributed by atoms with E-state index in [1.165, 1.54) is 0 Å². The monoisotopic (exact) mass is 159 g/mol. The van der Waals surface area contributed by atoms with E-state index in [-0.39, 0.29) is 0 Å². The van der Waals surface area contributed by atoms with Gasteiger partial charge in [0.05, 0.1) is 0 Å². The number of rotatable bonds is 0. The molecule has 0 saturated carbocycles. The molecule has 0 aromatic carbocycles. The van der Waals surface area contributed by atoms with Gasteiger partial charge in [-0.3, -0.25) is 0 Å². The molecule has 0 bridgehead atoms. The van der Waals surface area contributed by atoms with E-state index in [4.69, 9.17) is 5.73 Å². The number of hydrogen-bond donors (Lipinski definition) is 1. The zero-order valence-corrected chi connectivity index (χ0v) is 6.57. The van der Waals surface area contributed by atoms with E-state index in [9.17, 15) is 0 Å². The summed E-state index contributed by atoms with van der Waals surface area (Å²) in [7, 11) is 0. The lowest BCUT2D eigenvalue weighted by Gasteiger charge is -1.96. The van der Waals surface area contributed by atoms with Crippen molar-refractivity contribution in [1.29, 1.82) is 0 Å².